The highest BCUT2D eigenvalue weighted by atomic mass is 35.5. The Bertz CT molecular complexity index is 210. The van der Waals surface area contributed by atoms with Crippen molar-refractivity contribution in [2.75, 3.05) is 6.54 Å². The van der Waals surface area contributed by atoms with Crippen LogP contribution in [0.5, 0.6) is 0 Å². The Kier molecular flexibility index (Phi) is 13.7. The maximum Gasteiger partial charge on any atom is 0.408 e. The van der Waals surface area contributed by atoms with Crippen molar-refractivity contribution >= 4 is 17.7 Å². The van der Waals surface area contributed by atoms with Crippen LogP contribution in [-0.4, -0.2) is 18.2 Å². The van der Waals surface area contributed by atoms with Crippen molar-refractivity contribution in [2.45, 2.75) is 83.6 Å². The summed E-state index contributed by atoms with van der Waals surface area (Å²) in [4.78, 5) is 11.1. The van der Waals surface area contributed by atoms with Crippen molar-refractivity contribution in [3.05, 3.63) is 0 Å². The van der Waals surface area contributed by atoms with Gasteiger partial charge in [0.15, 0.2) is 5.56 Å². The lowest BCUT2D eigenvalue weighted by Crippen LogP contribution is -2.26. The first-order chi connectivity index (χ1) is 9.16. The molecule has 0 rings (SSSR count). The SMILES string of the molecule is CCCCCCCCCCCCNC(=O)OC(C)Cl. The molecule has 0 saturated heterocycles. The van der Waals surface area contributed by atoms with Crippen LogP contribution in [0, 0.1) is 0 Å². The summed E-state index contributed by atoms with van der Waals surface area (Å²) >= 11 is 5.53. The Labute approximate surface area is 123 Å². The number of alkyl carbamates (subject to hydrolysis) is 1. The molecule has 0 aliphatic heterocycles. The Morgan fingerprint density at radius 2 is 1.47 bits per heavy atom. The normalized spacial score (nSPS) is 12.2. The van der Waals surface area contributed by atoms with Crippen molar-refractivity contribution in [1.82, 2.24) is 5.32 Å². The molecule has 3 nitrogen and oxygen atoms in total. The predicted molar refractivity (Wildman–Crippen MR) is 81.6 cm³/mol. The average molecular weight is 292 g/mol. The van der Waals surface area contributed by atoms with Crippen LogP contribution in [0.25, 0.3) is 0 Å². The van der Waals surface area contributed by atoms with Gasteiger partial charge in [-0.15, -0.1) is 0 Å². The largest absolute Gasteiger partial charge is 0.430 e. The van der Waals surface area contributed by atoms with E-state index in [1.54, 1.807) is 6.92 Å². The van der Waals surface area contributed by atoms with E-state index < -0.39 is 11.7 Å². The molecule has 0 aliphatic rings. The monoisotopic (exact) mass is 291 g/mol. The van der Waals surface area contributed by atoms with E-state index >= 15 is 0 Å². The molecular weight excluding hydrogens is 262 g/mol. The smallest absolute Gasteiger partial charge is 0.408 e. The molecule has 0 saturated carbocycles. The van der Waals surface area contributed by atoms with Crippen molar-refractivity contribution in [3.63, 3.8) is 0 Å². The van der Waals surface area contributed by atoms with Gasteiger partial charge in [-0.3, -0.25) is 0 Å². The molecule has 0 aromatic rings. The maximum absolute atomic E-state index is 11.1. The fourth-order valence-corrected chi connectivity index (χ4v) is 2.07. The number of nitrogens with one attached hydrogen (secondary N) is 1. The zero-order valence-electron chi connectivity index (χ0n) is 12.5. The van der Waals surface area contributed by atoms with Crippen molar-refractivity contribution in [1.29, 1.82) is 0 Å². The molecular formula is C15H30ClNO2. The highest BCUT2D eigenvalue weighted by Gasteiger charge is 2.04. The van der Waals surface area contributed by atoms with Gasteiger partial charge in [-0.1, -0.05) is 76.3 Å². The van der Waals surface area contributed by atoms with Gasteiger partial charge in [-0.05, 0) is 13.3 Å². The van der Waals surface area contributed by atoms with Crippen molar-refractivity contribution < 1.29 is 9.53 Å². The molecule has 0 aromatic carbocycles. The first-order valence-electron chi connectivity index (χ1n) is 7.75. The fraction of sp³-hybridized carbons (Fsp3) is 0.933. The highest BCUT2D eigenvalue weighted by molar-refractivity contribution is 6.19. The molecule has 1 atom stereocenters. The van der Waals surface area contributed by atoms with Crippen LogP contribution in [0.1, 0.15) is 78.1 Å². The Morgan fingerprint density at radius 3 is 1.95 bits per heavy atom. The van der Waals surface area contributed by atoms with Gasteiger partial charge < -0.3 is 10.1 Å². The van der Waals surface area contributed by atoms with Gasteiger partial charge in [0.2, 0.25) is 0 Å². The topological polar surface area (TPSA) is 38.3 Å². The molecule has 0 spiro atoms. The minimum absolute atomic E-state index is 0.418. The molecule has 1 unspecified atom stereocenters. The number of carbonyl (C=O) groups excluding carboxylic acids is 1. The summed E-state index contributed by atoms with van der Waals surface area (Å²) in [5.41, 5.74) is -0.562. The van der Waals surface area contributed by atoms with E-state index in [0.29, 0.717) is 6.54 Å². The van der Waals surface area contributed by atoms with Gasteiger partial charge >= 0.3 is 6.09 Å². The Hall–Kier alpha value is -0.440. The molecule has 0 heterocycles. The number of ether oxygens (including phenoxy) is 1. The fourth-order valence-electron chi connectivity index (χ4n) is 1.99. The zero-order chi connectivity index (χ0) is 14.3. The number of hydrogen-bond donors (Lipinski definition) is 1. The third-order valence-corrected chi connectivity index (χ3v) is 3.16. The van der Waals surface area contributed by atoms with Crippen LogP contribution in [0.15, 0.2) is 0 Å². The van der Waals surface area contributed by atoms with Gasteiger partial charge in [-0.2, -0.15) is 0 Å². The van der Waals surface area contributed by atoms with Crippen LogP contribution < -0.4 is 5.32 Å². The lowest BCUT2D eigenvalue weighted by molar-refractivity contribution is 0.138. The lowest BCUT2D eigenvalue weighted by Gasteiger charge is -2.07. The van der Waals surface area contributed by atoms with E-state index in [2.05, 4.69) is 12.2 Å². The van der Waals surface area contributed by atoms with Crippen LogP contribution in [0.2, 0.25) is 0 Å². The van der Waals surface area contributed by atoms with E-state index in [0.717, 1.165) is 6.42 Å². The summed E-state index contributed by atoms with van der Waals surface area (Å²) in [6.45, 7) is 4.55. The minimum atomic E-state index is -0.562. The molecule has 0 aliphatic carbocycles. The maximum atomic E-state index is 11.1. The number of carbonyl (C=O) groups is 1. The van der Waals surface area contributed by atoms with Gasteiger partial charge in [0.1, 0.15) is 0 Å². The first-order valence-corrected chi connectivity index (χ1v) is 8.19. The molecule has 114 valence electrons. The molecule has 19 heavy (non-hydrogen) atoms. The van der Waals surface area contributed by atoms with Crippen LogP contribution in [0.4, 0.5) is 4.79 Å². The van der Waals surface area contributed by atoms with Crippen LogP contribution in [-0.2, 0) is 4.74 Å². The molecule has 1 amide bonds. The molecule has 0 aromatic heterocycles. The number of unbranched alkanes of at least 4 members (excludes halogenated alkanes) is 9. The average Bonchev–Trinajstić information content (AvgIpc) is 2.35. The second kappa shape index (κ2) is 14.0. The summed E-state index contributed by atoms with van der Waals surface area (Å²) in [6, 6.07) is 0. The van der Waals surface area contributed by atoms with Gasteiger partial charge in [0.25, 0.3) is 0 Å². The second-order valence-electron chi connectivity index (χ2n) is 5.06. The standard InChI is InChI=1S/C15H30ClNO2/c1-3-4-5-6-7-8-9-10-11-12-13-17-15(18)19-14(2)16/h14H,3-13H2,1-2H3,(H,17,18). The Balaban J connectivity index is 3.08. The summed E-state index contributed by atoms with van der Waals surface area (Å²) < 4.78 is 4.76. The van der Waals surface area contributed by atoms with E-state index in [9.17, 15) is 4.79 Å². The van der Waals surface area contributed by atoms with E-state index in [1.807, 2.05) is 0 Å². The molecule has 0 fully saturated rings. The third kappa shape index (κ3) is 15.5. The summed E-state index contributed by atoms with van der Waals surface area (Å²) in [6.07, 6.45) is 12.5. The first kappa shape index (κ1) is 18.6. The lowest BCUT2D eigenvalue weighted by atomic mass is 10.1. The highest BCUT2D eigenvalue weighted by Crippen LogP contribution is 2.10. The minimum Gasteiger partial charge on any atom is -0.430 e. The summed E-state index contributed by atoms with van der Waals surface area (Å²) in [5.74, 6) is 0. The third-order valence-electron chi connectivity index (χ3n) is 3.07. The molecule has 0 radical (unpaired) electrons. The molecule has 4 heteroatoms. The second-order valence-corrected chi connectivity index (χ2v) is 5.67. The van der Waals surface area contributed by atoms with Gasteiger partial charge in [0.05, 0.1) is 0 Å². The van der Waals surface area contributed by atoms with Crippen molar-refractivity contribution in [2.24, 2.45) is 0 Å². The van der Waals surface area contributed by atoms with Crippen molar-refractivity contribution in [3.8, 4) is 0 Å². The zero-order valence-corrected chi connectivity index (χ0v) is 13.3. The van der Waals surface area contributed by atoms with E-state index in [1.165, 1.54) is 57.8 Å². The quantitative estimate of drug-likeness (QED) is 0.395. The number of amides is 1. The summed E-state index contributed by atoms with van der Waals surface area (Å²) in [7, 11) is 0. The number of hydrogen-bond acceptors (Lipinski definition) is 2. The van der Waals surface area contributed by atoms with Crippen LogP contribution >= 0.6 is 11.6 Å². The summed E-state index contributed by atoms with van der Waals surface area (Å²) in [5, 5.41) is 2.69. The number of alkyl halides is 1. The molecule has 1 N–H and O–H groups in total. The Morgan fingerprint density at radius 1 is 1.00 bits per heavy atom. The number of halogens is 1. The van der Waals surface area contributed by atoms with Gasteiger partial charge in [-0.25, -0.2) is 4.79 Å². The predicted octanol–water partition coefficient (Wildman–Crippen LogP) is 5.22. The number of rotatable bonds is 12. The van der Waals surface area contributed by atoms with Gasteiger partial charge in [0, 0.05) is 6.54 Å². The molecule has 0 bridgehead atoms. The van der Waals surface area contributed by atoms with E-state index in [-0.39, 0.29) is 0 Å². The van der Waals surface area contributed by atoms with E-state index in [4.69, 9.17) is 16.3 Å². The van der Waals surface area contributed by atoms with Crippen LogP contribution in [0.3, 0.4) is 0 Å².